The number of fused-ring (bicyclic) bond motifs is 1. The van der Waals surface area contributed by atoms with Crippen molar-refractivity contribution in [2.75, 3.05) is 49.5 Å². The molecule has 0 saturated carbocycles. The number of hydrogen-bond donors (Lipinski definition) is 2. The maximum absolute atomic E-state index is 14.0. The molecule has 1 saturated heterocycles. The lowest BCUT2D eigenvalue weighted by molar-refractivity contribution is 0.256. The first-order valence-corrected chi connectivity index (χ1v) is 10.8. The predicted molar refractivity (Wildman–Crippen MR) is 121 cm³/mol. The van der Waals surface area contributed by atoms with Gasteiger partial charge in [0.15, 0.2) is 5.65 Å². The van der Waals surface area contributed by atoms with Crippen LogP contribution in [-0.2, 0) is 5.54 Å². The topological polar surface area (TPSA) is 82.1 Å². The first-order chi connectivity index (χ1) is 14.8. The molecule has 1 aromatic carbocycles. The van der Waals surface area contributed by atoms with Crippen LogP contribution in [0.2, 0.25) is 0 Å². The molecule has 9 heteroatoms. The summed E-state index contributed by atoms with van der Waals surface area (Å²) in [5.41, 5.74) is 0.823. The molecular formula is C22H30FN7O. The number of nitrogens with one attached hydrogen (secondary N) is 2. The molecular weight excluding hydrogens is 397 g/mol. The Hall–Kier alpha value is -2.94. The second-order valence-electron chi connectivity index (χ2n) is 8.94. The van der Waals surface area contributed by atoms with Gasteiger partial charge in [-0.1, -0.05) is 12.1 Å². The van der Waals surface area contributed by atoms with E-state index in [1.807, 2.05) is 32.9 Å². The lowest BCUT2D eigenvalue weighted by Crippen LogP contribution is -2.47. The lowest BCUT2D eigenvalue weighted by Gasteiger charge is -2.36. The largest absolute Gasteiger partial charge is 0.367 e. The Balaban J connectivity index is 1.28. The van der Waals surface area contributed by atoms with Crippen molar-refractivity contribution in [1.82, 2.24) is 24.6 Å². The standard InChI is InChI=1S/C22H30FN7O/c1-22(2,3)30-19-16(15-25-30)20(31)27-21(26-19)24-9-6-10-28-11-13-29(14-12-28)18-8-5-4-7-17(18)23/h4-5,7-8,15H,6,9-14H2,1-3H3,(H2,24,26,27,31). The normalized spacial score (nSPS) is 15.5. The fraction of sp³-hybridized carbons (Fsp3) is 0.500. The number of halogens is 1. The number of para-hydroxylation sites is 1. The van der Waals surface area contributed by atoms with E-state index in [0.717, 1.165) is 39.1 Å². The fourth-order valence-corrected chi connectivity index (χ4v) is 3.92. The monoisotopic (exact) mass is 427 g/mol. The summed E-state index contributed by atoms with van der Waals surface area (Å²) in [6, 6.07) is 6.95. The molecule has 0 radical (unpaired) electrons. The number of H-pyrrole nitrogens is 1. The predicted octanol–water partition coefficient (Wildman–Crippen LogP) is 2.64. The van der Waals surface area contributed by atoms with E-state index in [0.29, 0.717) is 29.2 Å². The molecule has 3 aromatic rings. The van der Waals surface area contributed by atoms with Gasteiger partial charge in [-0.3, -0.25) is 14.7 Å². The molecule has 0 amide bonds. The summed E-state index contributed by atoms with van der Waals surface area (Å²) in [6.07, 6.45) is 2.48. The van der Waals surface area contributed by atoms with Crippen molar-refractivity contribution in [2.24, 2.45) is 0 Å². The van der Waals surface area contributed by atoms with Crippen LogP contribution in [0.1, 0.15) is 27.2 Å². The number of piperazine rings is 1. The van der Waals surface area contributed by atoms with Gasteiger partial charge in [0, 0.05) is 32.7 Å². The van der Waals surface area contributed by atoms with E-state index in [1.54, 1.807) is 16.9 Å². The number of aromatic amines is 1. The van der Waals surface area contributed by atoms with E-state index in [1.165, 1.54) is 6.07 Å². The summed E-state index contributed by atoms with van der Waals surface area (Å²) < 4.78 is 15.8. The van der Waals surface area contributed by atoms with Crippen molar-refractivity contribution >= 4 is 22.7 Å². The minimum Gasteiger partial charge on any atom is -0.367 e. The SMILES string of the molecule is CC(C)(C)n1ncc2c(=O)[nH]c(NCCCN3CCN(c4ccccc4F)CC3)nc21. The summed E-state index contributed by atoms with van der Waals surface area (Å²) in [4.78, 5) is 24.2. The average Bonchev–Trinajstić information content (AvgIpc) is 3.17. The van der Waals surface area contributed by atoms with Crippen molar-refractivity contribution in [3.05, 3.63) is 46.6 Å². The van der Waals surface area contributed by atoms with Crippen LogP contribution in [0.15, 0.2) is 35.3 Å². The molecule has 8 nitrogen and oxygen atoms in total. The Morgan fingerprint density at radius 3 is 2.61 bits per heavy atom. The van der Waals surface area contributed by atoms with E-state index >= 15 is 0 Å². The van der Waals surface area contributed by atoms with Crippen molar-refractivity contribution in [3.8, 4) is 0 Å². The van der Waals surface area contributed by atoms with Gasteiger partial charge in [-0.15, -0.1) is 0 Å². The third-order valence-corrected chi connectivity index (χ3v) is 5.58. The van der Waals surface area contributed by atoms with E-state index in [2.05, 4.69) is 30.2 Å². The zero-order valence-corrected chi connectivity index (χ0v) is 18.4. The molecule has 2 N–H and O–H groups in total. The summed E-state index contributed by atoms with van der Waals surface area (Å²) in [6.45, 7) is 11.2. The van der Waals surface area contributed by atoms with Crippen molar-refractivity contribution in [1.29, 1.82) is 0 Å². The van der Waals surface area contributed by atoms with E-state index in [-0.39, 0.29) is 16.9 Å². The summed E-state index contributed by atoms with van der Waals surface area (Å²) in [5.74, 6) is 0.305. The van der Waals surface area contributed by atoms with Gasteiger partial charge >= 0.3 is 0 Å². The third kappa shape index (κ3) is 4.71. The number of nitrogens with zero attached hydrogens (tertiary/aromatic N) is 5. The van der Waals surface area contributed by atoms with E-state index in [9.17, 15) is 9.18 Å². The summed E-state index contributed by atoms with van der Waals surface area (Å²) >= 11 is 0. The highest BCUT2D eigenvalue weighted by Crippen LogP contribution is 2.20. The Labute approximate surface area is 181 Å². The maximum Gasteiger partial charge on any atom is 0.263 e. The Morgan fingerprint density at radius 1 is 1.16 bits per heavy atom. The molecule has 3 heterocycles. The number of hydrogen-bond acceptors (Lipinski definition) is 6. The van der Waals surface area contributed by atoms with Crippen LogP contribution in [0, 0.1) is 5.82 Å². The molecule has 1 fully saturated rings. The quantitative estimate of drug-likeness (QED) is 0.589. The van der Waals surface area contributed by atoms with Gasteiger partial charge in [-0.05, 0) is 45.9 Å². The van der Waals surface area contributed by atoms with Crippen LogP contribution in [0.3, 0.4) is 0 Å². The van der Waals surface area contributed by atoms with Crippen LogP contribution in [0.5, 0.6) is 0 Å². The molecule has 166 valence electrons. The van der Waals surface area contributed by atoms with Crippen LogP contribution in [0.4, 0.5) is 16.0 Å². The first-order valence-electron chi connectivity index (χ1n) is 10.8. The van der Waals surface area contributed by atoms with Gasteiger partial charge in [0.25, 0.3) is 5.56 Å². The second-order valence-corrected chi connectivity index (χ2v) is 8.94. The molecule has 0 atom stereocenters. The fourth-order valence-electron chi connectivity index (χ4n) is 3.92. The summed E-state index contributed by atoms with van der Waals surface area (Å²) in [5, 5.41) is 8.06. The molecule has 4 rings (SSSR count). The smallest absolute Gasteiger partial charge is 0.263 e. The molecule has 0 aliphatic carbocycles. The highest BCUT2D eigenvalue weighted by Gasteiger charge is 2.20. The first kappa shape index (κ1) is 21.3. The minimum absolute atomic E-state index is 0.161. The van der Waals surface area contributed by atoms with Crippen molar-refractivity contribution in [3.63, 3.8) is 0 Å². The summed E-state index contributed by atoms with van der Waals surface area (Å²) in [7, 11) is 0. The number of aromatic nitrogens is 4. The molecule has 0 spiro atoms. The Morgan fingerprint density at radius 2 is 1.90 bits per heavy atom. The minimum atomic E-state index is -0.259. The zero-order valence-electron chi connectivity index (χ0n) is 18.4. The number of benzene rings is 1. The molecule has 2 aromatic heterocycles. The maximum atomic E-state index is 14.0. The highest BCUT2D eigenvalue weighted by atomic mass is 19.1. The third-order valence-electron chi connectivity index (χ3n) is 5.58. The van der Waals surface area contributed by atoms with Crippen LogP contribution in [0.25, 0.3) is 11.0 Å². The molecule has 31 heavy (non-hydrogen) atoms. The van der Waals surface area contributed by atoms with Gasteiger partial charge < -0.3 is 10.2 Å². The second kappa shape index (κ2) is 8.66. The highest BCUT2D eigenvalue weighted by molar-refractivity contribution is 5.74. The number of anilines is 2. The molecule has 0 bridgehead atoms. The van der Waals surface area contributed by atoms with Crippen LogP contribution >= 0.6 is 0 Å². The van der Waals surface area contributed by atoms with Gasteiger partial charge in [0.2, 0.25) is 5.95 Å². The van der Waals surface area contributed by atoms with Crippen molar-refractivity contribution < 1.29 is 4.39 Å². The zero-order chi connectivity index (χ0) is 22.0. The van der Waals surface area contributed by atoms with Crippen LogP contribution < -0.4 is 15.8 Å². The van der Waals surface area contributed by atoms with Gasteiger partial charge in [-0.2, -0.15) is 10.1 Å². The lowest BCUT2D eigenvalue weighted by atomic mass is 10.1. The average molecular weight is 428 g/mol. The Bertz CT molecular complexity index is 1090. The Kier molecular flexibility index (Phi) is 5.95. The van der Waals surface area contributed by atoms with Crippen molar-refractivity contribution in [2.45, 2.75) is 32.7 Å². The molecule has 0 unspecified atom stereocenters. The van der Waals surface area contributed by atoms with Crippen LogP contribution in [-0.4, -0.2) is 63.9 Å². The van der Waals surface area contributed by atoms with Gasteiger partial charge in [0.05, 0.1) is 17.4 Å². The van der Waals surface area contributed by atoms with Gasteiger partial charge in [-0.25, -0.2) is 9.07 Å². The van der Waals surface area contributed by atoms with E-state index in [4.69, 9.17) is 0 Å². The molecule has 1 aliphatic heterocycles. The number of rotatable bonds is 6. The van der Waals surface area contributed by atoms with E-state index < -0.39 is 0 Å². The molecule has 1 aliphatic rings. The van der Waals surface area contributed by atoms with Gasteiger partial charge in [0.1, 0.15) is 11.2 Å².